The molecule has 0 heterocycles. The van der Waals surface area contributed by atoms with Crippen molar-refractivity contribution in [3.63, 3.8) is 0 Å². The van der Waals surface area contributed by atoms with Crippen molar-refractivity contribution in [2.24, 2.45) is 0 Å². The van der Waals surface area contributed by atoms with Gasteiger partial charge in [0.1, 0.15) is 11.8 Å². The maximum Gasteiger partial charge on any atom is 0.251 e. The highest BCUT2D eigenvalue weighted by atomic mass is 16.5. The molecule has 0 saturated heterocycles. The summed E-state index contributed by atoms with van der Waals surface area (Å²) in [5.41, 5.74) is 4.77. The average Bonchev–Trinajstić information content (AvgIpc) is 2.73. The SMILES string of the molecule is CCc1ccc(N[C@H](C(=O)Nc2cc(C)ccc2OC)c2ccccc2)cc1. The van der Waals surface area contributed by atoms with E-state index < -0.39 is 6.04 Å². The molecule has 4 nitrogen and oxygen atoms in total. The molecule has 4 heteroatoms. The van der Waals surface area contributed by atoms with E-state index in [4.69, 9.17) is 4.74 Å². The van der Waals surface area contributed by atoms with Crippen LogP contribution in [0.2, 0.25) is 0 Å². The highest BCUT2D eigenvalue weighted by Crippen LogP contribution is 2.28. The third-order valence-corrected chi connectivity index (χ3v) is 4.68. The number of benzene rings is 3. The van der Waals surface area contributed by atoms with Gasteiger partial charge in [0.25, 0.3) is 5.91 Å². The number of amides is 1. The minimum atomic E-state index is -0.529. The van der Waals surface area contributed by atoms with E-state index in [0.717, 1.165) is 23.2 Å². The normalized spacial score (nSPS) is 11.5. The van der Waals surface area contributed by atoms with Crippen molar-refractivity contribution >= 4 is 17.3 Å². The Hall–Kier alpha value is -3.27. The van der Waals surface area contributed by atoms with Crippen LogP contribution >= 0.6 is 0 Å². The molecule has 3 aromatic rings. The lowest BCUT2D eigenvalue weighted by Gasteiger charge is -2.21. The van der Waals surface area contributed by atoms with Crippen molar-refractivity contribution in [2.45, 2.75) is 26.3 Å². The van der Waals surface area contributed by atoms with Crippen LogP contribution in [0, 0.1) is 6.92 Å². The zero-order valence-electron chi connectivity index (χ0n) is 16.5. The first kappa shape index (κ1) is 19.5. The second-order valence-corrected chi connectivity index (χ2v) is 6.73. The van der Waals surface area contributed by atoms with Crippen LogP contribution in [0.1, 0.15) is 29.7 Å². The molecule has 0 aliphatic rings. The van der Waals surface area contributed by atoms with Crippen LogP contribution in [-0.2, 0) is 11.2 Å². The number of carbonyl (C=O) groups excluding carboxylic acids is 1. The fraction of sp³-hybridized carbons (Fsp3) is 0.208. The number of methoxy groups -OCH3 is 1. The smallest absolute Gasteiger partial charge is 0.251 e. The van der Waals surface area contributed by atoms with Crippen LogP contribution in [-0.4, -0.2) is 13.0 Å². The monoisotopic (exact) mass is 374 g/mol. The average molecular weight is 374 g/mol. The fourth-order valence-electron chi connectivity index (χ4n) is 3.07. The molecule has 2 N–H and O–H groups in total. The Morgan fingerprint density at radius 1 is 1.00 bits per heavy atom. The lowest BCUT2D eigenvalue weighted by Crippen LogP contribution is -2.27. The minimum absolute atomic E-state index is 0.144. The van der Waals surface area contributed by atoms with Crippen LogP contribution in [0.4, 0.5) is 11.4 Å². The number of anilines is 2. The highest BCUT2D eigenvalue weighted by Gasteiger charge is 2.21. The largest absolute Gasteiger partial charge is 0.495 e. The first-order valence-corrected chi connectivity index (χ1v) is 9.46. The summed E-state index contributed by atoms with van der Waals surface area (Å²) in [6.07, 6.45) is 0.982. The topological polar surface area (TPSA) is 50.4 Å². The van der Waals surface area contributed by atoms with Gasteiger partial charge in [0, 0.05) is 5.69 Å². The van der Waals surface area contributed by atoms with E-state index in [-0.39, 0.29) is 5.91 Å². The van der Waals surface area contributed by atoms with Gasteiger partial charge in [0.05, 0.1) is 12.8 Å². The molecule has 3 rings (SSSR count). The molecule has 0 aliphatic carbocycles. The zero-order chi connectivity index (χ0) is 19.9. The van der Waals surface area contributed by atoms with Gasteiger partial charge < -0.3 is 15.4 Å². The van der Waals surface area contributed by atoms with Crippen LogP contribution in [0.15, 0.2) is 72.8 Å². The summed E-state index contributed by atoms with van der Waals surface area (Å²) in [7, 11) is 1.60. The van der Waals surface area contributed by atoms with E-state index in [1.807, 2.05) is 67.6 Å². The van der Waals surface area contributed by atoms with Crippen molar-refractivity contribution in [1.82, 2.24) is 0 Å². The lowest BCUT2D eigenvalue weighted by atomic mass is 10.0. The molecule has 1 amide bonds. The molecule has 28 heavy (non-hydrogen) atoms. The number of nitrogens with one attached hydrogen (secondary N) is 2. The van der Waals surface area contributed by atoms with E-state index in [1.54, 1.807) is 7.11 Å². The third-order valence-electron chi connectivity index (χ3n) is 4.68. The fourth-order valence-corrected chi connectivity index (χ4v) is 3.07. The minimum Gasteiger partial charge on any atom is -0.495 e. The molecule has 1 atom stereocenters. The molecule has 144 valence electrons. The number of rotatable bonds is 7. The molecule has 0 bridgehead atoms. The summed E-state index contributed by atoms with van der Waals surface area (Å²) in [5.74, 6) is 0.493. The standard InChI is InChI=1S/C24H26N2O2/c1-4-18-11-13-20(14-12-18)25-23(19-8-6-5-7-9-19)24(27)26-21-16-17(2)10-15-22(21)28-3/h5-16,23,25H,4H2,1-3H3,(H,26,27)/t23-/m0/s1. The Bertz CT molecular complexity index is 921. The number of carbonyl (C=O) groups is 1. The van der Waals surface area contributed by atoms with Gasteiger partial charge in [0.2, 0.25) is 0 Å². The van der Waals surface area contributed by atoms with Gasteiger partial charge in [-0.15, -0.1) is 0 Å². The van der Waals surface area contributed by atoms with Gasteiger partial charge in [0.15, 0.2) is 0 Å². The molecule has 0 radical (unpaired) electrons. The molecular formula is C24H26N2O2. The van der Waals surface area contributed by atoms with Crippen LogP contribution in [0.3, 0.4) is 0 Å². The number of hydrogen-bond acceptors (Lipinski definition) is 3. The molecule has 0 spiro atoms. The second kappa shape index (κ2) is 9.09. The summed E-state index contributed by atoms with van der Waals surface area (Å²) < 4.78 is 5.40. The van der Waals surface area contributed by atoms with Crippen molar-refractivity contribution < 1.29 is 9.53 Å². The van der Waals surface area contributed by atoms with E-state index >= 15 is 0 Å². The van der Waals surface area contributed by atoms with E-state index in [1.165, 1.54) is 5.56 Å². The predicted molar refractivity (Wildman–Crippen MR) is 115 cm³/mol. The van der Waals surface area contributed by atoms with Crippen molar-refractivity contribution in [1.29, 1.82) is 0 Å². The number of aryl methyl sites for hydroxylation is 2. The Kier molecular flexibility index (Phi) is 6.33. The molecular weight excluding hydrogens is 348 g/mol. The van der Waals surface area contributed by atoms with Crippen molar-refractivity contribution in [3.05, 3.63) is 89.5 Å². The van der Waals surface area contributed by atoms with Crippen LogP contribution in [0.5, 0.6) is 5.75 Å². The number of ether oxygens (including phenoxy) is 1. The summed E-state index contributed by atoms with van der Waals surface area (Å²) in [4.78, 5) is 13.2. The van der Waals surface area contributed by atoms with Gasteiger partial charge in [-0.3, -0.25) is 4.79 Å². The summed E-state index contributed by atoms with van der Waals surface area (Å²) in [6.45, 7) is 4.11. The van der Waals surface area contributed by atoms with Gasteiger partial charge in [-0.2, -0.15) is 0 Å². The van der Waals surface area contributed by atoms with Crippen molar-refractivity contribution in [3.8, 4) is 5.75 Å². The van der Waals surface area contributed by atoms with Gasteiger partial charge in [-0.1, -0.05) is 55.5 Å². The highest BCUT2D eigenvalue weighted by molar-refractivity contribution is 5.98. The molecule has 0 aliphatic heterocycles. The predicted octanol–water partition coefficient (Wildman–Crippen LogP) is 5.36. The second-order valence-electron chi connectivity index (χ2n) is 6.73. The zero-order valence-corrected chi connectivity index (χ0v) is 16.5. The van der Waals surface area contributed by atoms with Crippen LogP contribution in [0.25, 0.3) is 0 Å². The van der Waals surface area contributed by atoms with E-state index in [2.05, 4.69) is 29.7 Å². The first-order valence-electron chi connectivity index (χ1n) is 9.46. The molecule has 3 aromatic carbocycles. The Morgan fingerprint density at radius 3 is 2.36 bits per heavy atom. The van der Waals surface area contributed by atoms with Crippen molar-refractivity contribution in [2.75, 3.05) is 17.7 Å². The van der Waals surface area contributed by atoms with E-state index in [0.29, 0.717) is 11.4 Å². The van der Waals surface area contributed by atoms with Gasteiger partial charge >= 0.3 is 0 Å². The molecule has 0 aromatic heterocycles. The molecule has 0 fully saturated rings. The number of hydrogen-bond donors (Lipinski definition) is 2. The maximum atomic E-state index is 13.2. The molecule has 0 unspecified atom stereocenters. The maximum absolute atomic E-state index is 13.2. The van der Waals surface area contributed by atoms with Gasteiger partial charge in [-0.25, -0.2) is 0 Å². The van der Waals surface area contributed by atoms with Gasteiger partial charge in [-0.05, 0) is 54.3 Å². The summed E-state index contributed by atoms with van der Waals surface area (Å²) >= 11 is 0. The lowest BCUT2D eigenvalue weighted by molar-refractivity contribution is -0.117. The molecule has 0 saturated carbocycles. The first-order chi connectivity index (χ1) is 13.6. The quantitative estimate of drug-likeness (QED) is 0.585. The Labute approximate surface area is 166 Å². The van der Waals surface area contributed by atoms with E-state index in [9.17, 15) is 4.79 Å². The van der Waals surface area contributed by atoms with Crippen LogP contribution < -0.4 is 15.4 Å². The Balaban J connectivity index is 1.88. The summed E-state index contributed by atoms with van der Waals surface area (Å²) in [6, 6.07) is 23.1. The Morgan fingerprint density at radius 2 is 1.71 bits per heavy atom. The summed E-state index contributed by atoms with van der Waals surface area (Å²) in [5, 5.41) is 6.38. The third kappa shape index (κ3) is 4.71.